The molecule has 0 fully saturated rings. The molecule has 1 rings (SSSR count). The van der Waals surface area contributed by atoms with Crippen LogP contribution < -0.4 is 11.5 Å². The summed E-state index contributed by atoms with van der Waals surface area (Å²) in [6.07, 6.45) is -0.290. The molecule has 0 aliphatic rings. The molecule has 0 saturated heterocycles. The van der Waals surface area contributed by atoms with Crippen LogP contribution in [0.3, 0.4) is 0 Å². The Morgan fingerprint density at radius 3 is 2.00 bits per heavy atom. The monoisotopic (exact) mass is 242 g/mol. The van der Waals surface area contributed by atoms with E-state index in [1.54, 1.807) is 0 Å². The molecule has 0 spiro atoms. The number of hydrogen-bond donors (Lipinski definition) is 2. The summed E-state index contributed by atoms with van der Waals surface area (Å²) in [5.74, 6) is -3.94. The summed E-state index contributed by atoms with van der Waals surface area (Å²) in [5.41, 5.74) is 10.4. The third-order valence-corrected chi connectivity index (χ3v) is 2.31. The quantitative estimate of drug-likeness (QED) is 0.800. The molecule has 6 heteroatoms. The summed E-state index contributed by atoms with van der Waals surface area (Å²) in [4.78, 5) is 21.6. The predicted octanol–water partition coefficient (Wildman–Crippen LogP) is 0.799. The van der Waals surface area contributed by atoms with Crippen molar-refractivity contribution in [3.05, 3.63) is 35.4 Å². The van der Waals surface area contributed by atoms with Crippen LogP contribution in [0.4, 0.5) is 8.78 Å². The second kappa shape index (κ2) is 5.38. The maximum Gasteiger partial charge on any atom is 0.218 e. The van der Waals surface area contributed by atoms with Gasteiger partial charge in [0.1, 0.15) is 0 Å². The van der Waals surface area contributed by atoms with E-state index >= 15 is 0 Å². The van der Waals surface area contributed by atoms with Gasteiger partial charge >= 0.3 is 0 Å². The fourth-order valence-corrected chi connectivity index (χ4v) is 1.56. The Morgan fingerprint density at radius 1 is 1.06 bits per heavy atom. The molecule has 0 bridgehead atoms. The SMILES string of the molecule is NC(=O)CC(CC(N)=O)c1ccc(F)c(F)c1. The van der Waals surface area contributed by atoms with Gasteiger partial charge in [-0.3, -0.25) is 9.59 Å². The van der Waals surface area contributed by atoms with Crippen molar-refractivity contribution in [2.24, 2.45) is 11.5 Å². The van der Waals surface area contributed by atoms with Crippen LogP contribution in [-0.4, -0.2) is 11.8 Å². The molecule has 2 amide bonds. The van der Waals surface area contributed by atoms with Gasteiger partial charge in [0.25, 0.3) is 0 Å². The van der Waals surface area contributed by atoms with Gasteiger partial charge in [-0.1, -0.05) is 6.07 Å². The van der Waals surface area contributed by atoms with Gasteiger partial charge in [0, 0.05) is 18.8 Å². The number of amides is 2. The minimum absolute atomic E-state index is 0.145. The van der Waals surface area contributed by atoms with Crippen molar-refractivity contribution in [1.29, 1.82) is 0 Å². The lowest BCUT2D eigenvalue weighted by molar-refractivity contribution is -0.119. The van der Waals surface area contributed by atoms with E-state index in [0.717, 1.165) is 12.1 Å². The number of benzene rings is 1. The normalized spacial score (nSPS) is 10.5. The summed E-state index contributed by atoms with van der Waals surface area (Å²) in [5, 5.41) is 0. The lowest BCUT2D eigenvalue weighted by atomic mass is 9.92. The topological polar surface area (TPSA) is 86.2 Å². The summed E-state index contributed by atoms with van der Waals surface area (Å²) in [6.45, 7) is 0. The average Bonchev–Trinajstić information content (AvgIpc) is 2.19. The zero-order valence-electron chi connectivity index (χ0n) is 8.95. The van der Waals surface area contributed by atoms with Gasteiger partial charge in [0.2, 0.25) is 11.8 Å². The number of nitrogens with two attached hydrogens (primary N) is 2. The second-order valence-electron chi connectivity index (χ2n) is 3.71. The van der Waals surface area contributed by atoms with E-state index in [9.17, 15) is 18.4 Å². The van der Waals surface area contributed by atoms with Gasteiger partial charge in [0.15, 0.2) is 11.6 Å². The number of halogens is 2. The first-order valence-electron chi connectivity index (χ1n) is 4.91. The Bertz CT molecular complexity index is 433. The lowest BCUT2D eigenvalue weighted by Gasteiger charge is -2.14. The van der Waals surface area contributed by atoms with Gasteiger partial charge < -0.3 is 11.5 Å². The zero-order valence-corrected chi connectivity index (χ0v) is 8.95. The number of hydrogen-bond acceptors (Lipinski definition) is 2. The van der Waals surface area contributed by atoms with E-state index < -0.39 is 29.4 Å². The molecule has 4 nitrogen and oxygen atoms in total. The molecule has 0 aliphatic heterocycles. The largest absolute Gasteiger partial charge is 0.370 e. The molecule has 1 aromatic rings. The summed E-state index contributed by atoms with van der Waals surface area (Å²) in [7, 11) is 0. The third-order valence-electron chi connectivity index (χ3n) is 2.31. The minimum atomic E-state index is -1.04. The minimum Gasteiger partial charge on any atom is -0.370 e. The molecule has 0 radical (unpaired) electrons. The molecule has 0 aromatic heterocycles. The van der Waals surface area contributed by atoms with Gasteiger partial charge in [-0.2, -0.15) is 0 Å². The lowest BCUT2D eigenvalue weighted by Crippen LogP contribution is -2.21. The summed E-state index contributed by atoms with van der Waals surface area (Å²) < 4.78 is 25.7. The van der Waals surface area contributed by atoms with Crippen LogP contribution in [0.15, 0.2) is 18.2 Å². The van der Waals surface area contributed by atoms with E-state index in [1.807, 2.05) is 0 Å². The maximum atomic E-state index is 13.0. The molecule has 17 heavy (non-hydrogen) atoms. The van der Waals surface area contributed by atoms with Gasteiger partial charge in [0.05, 0.1) is 0 Å². The van der Waals surface area contributed by atoms with Crippen molar-refractivity contribution in [2.75, 3.05) is 0 Å². The highest BCUT2D eigenvalue weighted by Crippen LogP contribution is 2.24. The Kier molecular flexibility index (Phi) is 4.14. The summed E-state index contributed by atoms with van der Waals surface area (Å²) >= 11 is 0. The van der Waals surface area contributed by atoms with Gasteiger partial charge in [-0.15, -0.1) is 0 Å². The molecular formula is C11H12F2N2O2. The highest BCUT2D eigenvalue weighted by atomic mass is 19.2. The molecule has 0 heterocycles. The van der Waals surface area contributed by atoms with Crippen molar-refractivity contribution in [3.8, 4) is 0 Å². The van der Waals surface area contributed by atoms with Gasteiger partial charge in [-0.25, -0.2) is 8.78 Å². The van der Waals surface area contributed by atoms with Gasteiger partial charge in [-0.05, 0) is 17.7 Å². The first-order valence-corrected chi connectivity index (χ1v) is 4.91. The van der Waals surface area contributed by atoms with E-state index in [2.05, 4.69) is 0 Å². The molecule has 0 saturated carbocycles. The number of primary amides is 2. The summed E-state index contributed by atoms with van der Waals surface area (Å²) in [6, 6.07) is 3.17. The van der Waals surface area contributed by atoms with Crippen LogP contribution in [0.5, 0.6) is 0 Å². The van der Waals surface area contributed by atoms with E-state index in [0.29, 0.717) is 5.56 Å². The van der Waals surface area contributed by atoms with Crippen molar-refractivity contribution in [2.45, 2.75) is 18.8 Å². The predicted molar refractivity (Wildman–Crippen MR) is 56.7 cm³/mol. The molecular weight excluding hydrogens is 230 g/mol. The average molecular weight is 242 g/mol. The molecule has 0 unspecified atom stereocenters. The fourth-order valence-electron chi connectivity index (χ4n) is 1.56. The number of carbonyl (C=O) groups excluding carboxylic acids is 2. The van der Waals surface area contributed by atoms with Crippen molar-refractivity contribution >= 4 is 11.8 Å². The molecule has 1 aromatic carbocycles. The van der Waals surface area contributed by atoms with Crippen molar-refractivity contribution in [3.63, 3.8) is 0 Å². The Balaban J connectivity index is 2.98. The second-order valence-corrected chi connectivity index (χ2v) is 3.71. The smallest absolute Gasteiger partial charge is 0.218 e. The Labute approximate surface area is 96.6 Å². The van der Waals surface area contributed by atoms with E-state index in [1.165, 1.54) is 6.07 Å². The van der Waals surface area contributed by atoms with Crippen LogP contribution in [0.2, 0.25) is 0 Å². The third kappa shape index (κ3) is 3.82. The molecule has 0 atom stereocenters. The van der Waals surface area contributed by atoms with Crippen molar-refractivity contribution < 1.29 is 18.4 Å². The van der Waals surface area contributed by atoms with Crippen LogP contribution in [0, 0.1) is 11.6 Å². The maximum absolute atomic E-state index is 13.0. The fraction of sp³-hybridized carbons (Fsp3) is 0.273. The first kappa shape index (κ1) is 13.1. The van der Waals surface area contributed by atoms with Crippen LogP contribution in [0.25, 0.3) is 0 Å². The molecule has 4 N–H and O–H groups in total. The van der Waals surface area contributed by atoms with Crippen LogP contribution in [-0.2, 0) is 9.59 Å². The number of carbonyl (C=O) groups is 2. The standard InChI is InChI=1S/C11H12F2N2O2/c12-8-2-1-6(3-9(8)13)7(4-10(14)16)5-11(15)17/h1-3,7H,4-5H2,(H2,14,16)(H2,15,17). The number of rotatable bonds is 5. The zero-order chi connectivity index (χ0) is 13.0. The first-order chi connectivity index (χ1) is 7.90. The highest BCUT2D eigenvalue weighted by Gasteiger charge is 2.18. The van der Waals surface area contributed by atoms with Crippen LogP contribution in [0.1, 0.15) is 24.3 Å². The van der Waals surface area contributed by atoms with Crippen molar-refractivity contribution in [1.82, 2.24) is 0 Å². The van der Waals surface area contributed by atoms with Crippen LogP contribution >= 0.6 is 0 Å². The van der Waals surface area contributed by atoms with E-state index in [-0.39, 0.29) is 12.8 Å². The molecule has 0 aliphatic carbocycles. The molecule has 92 valence electrons. The highest BCUT2D eigenvalue weighted by molar-refractivity contribution is 5.78. The Hall–Kier alpha value is -1.98. The Morgan fingerprint density at radius 2 is 1.59 bits per heavy atom. The van der Waals surface area contributed by atoms with E-state index in [4.69, 9.17) is 11.5 Å².